The molecule has 0 spiro atoms. The van der Waals surface area contributed by atoms with E-state index in [9.17, 15) is 31.1 Å². The number of carbonyl (C=O) groups is 1. The van der Waals surface area contributed by atoms with Crippen LogP contribution in [0.15, 0.2) is 60.8 Å². The molecule has 0 saturated heterocycles. The normalized spacial score (nSPS) is 12.0. The summed E-state index contributed by atoms with van der Waals surface area (Å²) < 4.78 is 77.6. The Morgan fingerprint density at radius 1 is 0.867 bits per heavy atom. The Bertz CT molecular complexity index is 1050. The van der Waals surface area contributed by atoms with Crippen molar-refractivity contribution in [3.63, 3.8) is 0 Å². The summed E-state index contributed by atoms with van der Waals surface area (Å²) in [6.45, 7) is 0. The van der Waals surface area contributed by atoms with Crippen LogP contribution in [-0.2, 0) is 12.4 Å². The fraction of sp³-hybridized carbons (Fsp3) is 0.100. The Morgan fingerprint density at radius 3 is 1.97 bits per heavy atom. The van der Waals surface area contributed by atoms with Crippen LogP contribution >= 0.6 is 11.6 Å². The van der Waals surface area contributed by atoms with E-state index in [2.05, 4.69) is 4.98 Å². The van der Waals surface area contributed by atoms with Gasteiger partial charge in [0, 0.05) is 22.5 Å². The molecule has 0 aliphatic heterocycles. The molecule has 1 heterocycles. The van der Waals surface area contributed by atoms with E-state index in [1.807, 2.05) is 5.32 Å². The summed E-state index contributed by atoms with van der Waals surface area (Å²) in [4.78, 5) is 16.4. The molecule has 1 amide bonds. The number of rotatable bonds is 3. The summed E-state index contributed by atoms with van der Waals surface area (Å²) in [6.07, 6.45) is -8.88. The zero-order chi connectivity index (χ0) is 22.1. The van der Waals surface area contributed by atoms with E-state index in [0.29, 0.717) is 28.4 Å². The Balaban J connectivity index is 1.88. The van der Waals surface area contributed by atoms with Crippen LogP contribution in [0.3, 0.4) is 0 Å². The molecule has 156 valence electrons. The van der Waals surface area contributed by atoms with Gasteiger partial charge in [-0.05, 0) is 36.4 Å². The number of alkyl halides is 6. The first-order valence-corrected chi connectivity index (χ1v) is 8.65. The average molecular weight is 445 g/mol. The van der Waals surface area contributed by atoms with Crippen LogP contribution in [0.2, 0.25) is 5.02 Å². The fourth-order valence-electron chi connectivity index (χ4n) is 2.59. The second-order valence-electron chi connectivity index (χ2n) is 6.16. The molecule has 0 fully saturated rings. The van der Waals surface area contributed by atoms with Crippen LogP contribution in [-0.4, -0.2) is 10.9 Å². The Hall–Kier alpha value is -3.07. The number of nitrogens with one attached hydrogen (secondary N) is 1. The number of nitrogens with zero attached hydrogens (tertiary/aromatic N) is 1. The highest BCUT2D eigenvalue weighted by atomic mass is 35.5. The van der Waals surface area contributed by atoms with Gasteiger partial charge in [0.25, 0.3) is 5.91 Å². The number of halogens is 7. The third-order valence-corrected chi connectivity index (χ3v) is 4.35. The summed E-state index contributed by atoms with van der Waals surface area (Å²) in [5.74, 6) is -0.916. The predicted molar refractivity (Wildman–Crippen MR) is 99.1 cm³/mol. The molecular weight excluding hydrogens is 434 g/mol. The van der Waals surface area contributed by atoms with Gasteiger partial charge in [-0.25, -0.2) is 0 Å². The molecule has 1 N–H and O–H groups in total. The summed E-state index contributed by atoms with van der Waals surface area (Å²) in [6, 6.07) is 10.4. The third-order valence-electron chi connectivity index (χ3n) is 4.02. The highest BCUT2D eigenvalue weighted by molar-refractivity contribution is 6.33. The minimum atomic E-state index is -5.01. The van der Waals surface area contributed by atoms with Crippen molar-refractivity contribution in [1.82, 2.24) is 4.98 Å². The first-order chi connectivity index (χ1) is 13.9. The van der Waals surface area contributed by atoms with Crippen LogP contribution in [0, 0.1) is 0 Å². The Morgan fingerprint density at radius 2 is 1.47 bits per heavy atom. The maximum atomic E-state index is 12.9. The molecule has 3 nitrogen and oxygen atoms in total. The van der Waals surface area contributed by atoms with Crippen LogP contribution in [0.4, 0.5) is 32.0 Å². The Kier molecular flexibility index (Phi) is 5.76. The molecule has 10 heteroatoms. The topological polar surface area (TPSA) is 42.0 Å². The van der Waals surface area contributed by atoms with E-state index in [-0.39, 0.29) is 11.6 Å². The highest BCUT2D eigenvalue weighted by Gasteiger charge is 2.37. The van der Waals surface area contributed by atoms with E-state index in [1.54, 1.807) is 24.3 Å². The van der Waals surface area contributed by atoms with Gasteiger partial charge in [-0.15, -0.1) is 0 Å². The van der Waals surface area contributed by atoms with Crippen LogP contribution in [0.5, 0.6) is 0 Å². The number of hydrogen-bond acceptors (Lipinski definition) is 2. The number of hydrogen-bond donors (Lipinski definition) is 1. The summed E-state index contributed by atoms with van der Waals surface area (Å²) in [7, 11) is 0. The number of carbonyl (C=O) groups excluding carboxylic acids is 1. The van der Waals surface area contributed by atoms with Crippen LogP contribution in [0.25, 0.3) is 11.3 Å². The molecule has 0 unspecified atom stereocenters. The monoisotopic (exact) mass is 444 g/mol. The number of amides is 1. The predicted octanol–water partition coefficient (Wildman–Crippen LogP) is 6.69. The molecule has 0 aliphatic rings. The van der Waals surface area contributed by atoms with Crippen molar-refractivity contribution in [2.75, 3.05) is 5.32 Å². The largest absolute Gasteiger partial charge is 0.416 e. The molecule has 3 aromatic rings. The molecule has 0 atom stereocenters. The van der Waals surface area contributed by atoms with Gasteiger partial charge in [-0.1, -0.05) is 29.8 Å². The van der Waals surface area contributed by atoms with Gasteiger partial charge < -0.3 is 5.32 Å². The third kappa shape index (κ3) is 4.91. The second kappa shape index (κ2) is 7.98. The molecule has 0 radical (unpaired) electrons. The first kappa shape index (κ1) is 21.6. The van der Waals surface area contributed by atoms with Crippen LogP contribution < -0.4 is 5.32 Å². The average Bonchev–Trinajstić information content (AvgIpc) is 2.67. The van der Waals surface area contributed by atoms with E-state index in [1.165, 1.54) is 12.1 Å². The number of benzene rings is 2. The van der Waals surface area contributed by atoms with E-state index < -0.39 is 35.1 Å². The number of pyridine rings is 1. The van der Waals surface area contributed by atoms with Gasteiger partial charge in [0.05, 0.1) is 22.4 Å². The second-order valence-corrected chi connectivity index (χ2v) is 6.57. The van der Waals surface area contributed by atoms with Crippen molar-refractivity contribution in [2.24, 2.45) is 0 Å². The molecule has 0 bridgehead atoms. The van der Waals surface area contributed by atoms with Gasteiger partial charge in [-0.3, -0.25) is 9.78 Å². The smallest absolute Gasteiger partial charge is 0.322 e. The van der Waals surface area contributed by atoms with Gasteiger partial charge in [0.15, 0.2) is 0 Å². The van der Waals surface area contributed by atoms with Gasteiger partial charge in [0.2, 0.25) is 0 Å². The van der Waals surface area contributed by atoms with E-state index in [4.69, 9.17) is 11.6 Å². The fourth-order valence-corrected chi connectivity index (χ4v) is 2.82. The van der Waals surface area contributed by atoms with Gasteiger partial charge in [0.1, 0.15) is 0 Å². The van der Waals surface area contributed by atoms with Gasteiger partial charge >= 0.3 is 12.4 Å². The van der Waals surface area contributed by atoms with Crippen molar-refractivity contribution >= 4 is 23.2 Å². The van der Waals surface area contributed by atoms with Crippen LogP contribution in [0.1, 0.15) is 21.5 Å². The summed E-state index contributed by atoms with van der Waals surface area (Å²) >= 11 is 6.07. The van der Waals surface area contributed by atoms with Crippen molar-refractivity contribution < 1.29 is 31.1 Å². The van der Waals surface area contributed by atoms with Crippen molar-refractivity contribution in [3.8, 4) is 11.3 Å². The SMILES string of the molecule is O=C(Nc1cc(C(F)(F)F)cc(C(F)(F)F)c1)c1ccc(-c2ccccc2Cl)nc1. The lowest BCUT2D eigenvalue weighted by molar-refractivity contribution is -0.143. The van der Waals surface area contributed by atoms with Crippen molar-refractivity contribution in [1.29, 1.82) is 0 Å². The standard InChI is InChI=1S/C20H11ClF6N2O/c21-16-4-2-1-3-15(16)17-6-5-11(10-28-17)18(30)29-14-8-12(19(22,23)24)7-13(9-14)20(25,26)27/h1-10H,(H,29,30). The molecule has 0 saturated carbocycles. The van der Waals surface area contributed by atoms with E-state index >= 15 is 0 Å². The molecule has 2 aromatic carbocycles. The molecular formula is C20H11ClF6N2O. The minimum absolute atomic E-state index is 0.0182. The quantitative estimate of drug-likeness (QED) is 0.457. The Labute approximate surface area is 171 Å². The maximum Gasteiger partial charge on any atom is 0.416 e. The van der Waals surface area contributed by atoms with E-state index in [0.717, 1.165) is 6.20 Å². The van der Waals surface area contributed by atoms with Crippen molar-refractivity contribution in [2.45, 2.75) is 12.4 Å². The lowest BCUT2D eigenvalue weighted by atomic mass is 10.1. The minimum Gasteiger partial charge on any atom is -0.322 e. The van der Waals surface area contributed by atoms with Crippen molar-refractivity contribution in [3.05, 3.63) is 82.5 Å². The maximum absolute atomic E-state index is 12.9. The van der Waals surface area contributed by atoms with Gasteiger partial charge in [-0.2, -0.15) is 26.3 Å². The number of aromatic nitrogens is 1. The zero-order valence-corrected chi connectivity index (χ0v) is 15.5. The summed E-state index contributed by atoms with van der Waals surface area (Å²) in [5.41, 5.74) is -2.72. The first-order valence-electron chi connectivity index (χ1n) is 8.27. The highest BCUT2D eigenvalue weighted by Crippen LogP contribution is 2.37. The number of anilines is 1. The lowest BCUT2D eigenvalue weighted by Crippen LogP contribution is -2.16. The zero-order valence-electron chi connectivity index (χ0n) is 14.8. The molecule has 1 aromatic heterocycles. The molecule has 30 heavy (non-hydrogen) atoms. The molecule has 3 rings (SSSR count). The summed E-state index contributed by atoms with van der Waals surface area (Å²) in [5, 5.41) is 2.47. The molecule has 0 aliphatic carbocycles. The lowest BCUT2D eigenvalue weighted by Gasteiger charge is -2.15.